The molecule has 0 radical (unpaired) electrons. The molecule has 8 rings (SSSR count). The Morgan fingerprint density at radius 1 is 0.958 bits per heavy atom. The lowest BCUT2D eigenvalue weighted by molar-refractivity contribution is -0.160. The average Bonchev–Trinajstić information content (AvgIpc) is 3.94. The Hall–Kier alpha value is -6.44. The molecule has 4 aliphatic heterocycles. The van der Waals surface area contributed by atoms with E-state index in [1.807, 2.05) is 18.2 Å². The van der Waals surface area contributed by atoms with Gasteiger partial charge >= 0.3 is 11.8 Å². The number of phenolic OH excluding ortho intramolecular Hbond substituents is 3. The number of rotatable bonds is 8. The molecule has 1 saturated heterocycles. The van der Waals surface area contributed by atoms with Crippen LogP contribution in [0.4, 0.5) is 5.69 Å². The minimum Gasteiger partial charge on any atom is -0.507 e. The summed E-state index contributed by atoms with van der Waals surface area (Å²) in [6.45, 7) is 15.4. The van der Waals surface area contributed by atoms with Crippen molar-refractivity contribution in [2.24, 2.45) is 28.8 Å². The van der Waals surface area contributed by atoms with Crippen molar-refractivity contribution < 1.29 is 63.4 Å². The number of aromatic hydroxyl groups is 3. The number of Topliss-reactive ketones (excluding diaryl/α,β-unsaturated/α-hetero) is 1. The van der Waals surface area contributed by atoms with Crippen LogP contribution in [0.3, 0.4) is 0 Å². The van der Waals surface area contributed by atoms with E-state index in [1.54, 1.807) is 57.0 Å². The summed E-state index contributed by atoms with van der Waals surface area (Å²) in [6, 6.07) is 9.26. The second-order valence-corrected chi connectivity index (χ2v) is 19.5. The fourth-order valence-corrected chi connectivity index (χ4v) is 9.67. The number of fused-ring (bicyclic) bond motifs is 14. The Labute approximate surface area is 423 Å². The number of nitrogens with one attached hydrogen (secondary N) is 1. The normalized spacial score (nSPS) is 28.4. The summed E-state index contributed by atoms with van der Waals surface area (Å²) < 4.78 is 29.4. The second-order valence-electron chi connectivity index (χ2n) is 19.1. The molecule has 0 aliphatic carbocycles. The van der Waals surface area contributed by atoms with Crippen molar-refractivity contribution in [1.29, 1.82) is 0 Å². The molecule has 72 heavy (non-hydrogen) atoms. The van der Waals surface area contributed by atoms with Crippen LogP contribution in [-0.4, -0.2) is 135 Å². The third kappa shape index (κ3) is 11.0. The predicted octanol–water partition coefficient (Wildman–Crippen LogP) is 7.26. The minimum absolute atomic E-state index is 0.0381. The van der Waals surface area contributed by atoms with Crippen LogP contribution in [0.2, 0.25) is 5.02 Å². The number of ketones is 1. The SMILES string of the molecule is CO[C@H]1/C=C/O[C@@]2(C)Oc3c(C)c(O)c4c(O)c(c(/C=N/N5CCN(CCc6cc(-c7ccc(Cl)cc7)no6)CC5)c(O)c4c3C2=O)NC(=O)/C(C)=C\C=C\[C@H](C)[C@H](O)[C@@H](C)[C@@H](O)[C@@H](C)[C@H](OC(C)=O)[C@@H]1C. The van der Waals surface area contributed by atoms with Crippen molar-refractivity contribution in [3.8, 4) is 34.3 Å². The number of carbonyl (C=O) groups is 3. The largest absolute Gasteiger partial charge is 0.507 e. The molecule has 1 fully saturated rings. The Kier molecular flexibility index (Phi) is 16.4. The molecule has 19 heteroatoms. The maximum atomic E-state index is 14.6. The van der Waals surface area contributed by atoms with E-state index in [4.69, 9.17) is 35.1 Å². The molecule has 5 heterocycles. The molecule has 4 aromatic rings. The topological polar surface area (TPSA) is 246 Å². The molecule has 6 N–H and O–H groups in total. The van der Waals surface area contributed by atoms with Gasteiger partial charge in [0.2, 0.25) is 0 Å². The maximum Gasteiger partial charge on any atom is 0.312 e. The van der Waals surface area contributed by atoms with Gasteiger partial charge in [-0.15, -0.1) is 0 Å². The van der Waals surface area contributed by atoms with Gasteiger partial charge in [-0.2, -0.15) is 5.10 Å². The first-order valence-electron chi connectivity index (χ1n) is 24.0. The third-order valence-corrected chi connectivity index (χ3v) is 14.4. The highest BCUT2D eigenvalue weighted by Crippen LogP contribution is 2.55. The molecule has 18 nitrogen and oxygen atoms in total. The molecule has 1 aromatic heterocycles. The predicted molar refractivity (Wildman–Crippen MR) is 270 cm³/mol. The minimum atomic E-state index is -2.08. The van der Waals surface area contributed by atoms with E-state index < -0.39 is 88.8 Å². The number of amides is 1. The number of esters is 1. The lowest BCUT2D eigenvalue weighted by Gasteiger charge is -2.38. The Bertz CT molecular complexity index is 2800. The van der Waals surface area contributed by atoms with E-state index in [2.05, 4.69) is 20.5 Å². The number of anilines is 1. The van der Waals surface area contributed by atoms with Crippen molar-refractivity contribution in [1.82, 2.24) is 15.1 Å². The molecule has 0 spiro atoms. The van der Waals surface area contributed by atoms with Crippen LogP contribution >= 0.6 is 11.6 Å². The van der Waals surface area contributed by atoms with Gasteiger partial charge in [0.1, 0.15) is 34.8 Å². The van der Waals surface area contributed by atoms with E-state index in [0.29, 0.717) is 49.9 Å². The number of aromatic nitrogens is 1. The summed E-state index contributed by atoms with van der Waals surface area (Å²) in [5, 5.41) is 72.6. The quantitative estimate of drug-likeness (QED) is 0.0440. The molecular weight excluding hydrogens is 950 g/mol. The molecule has 9 atom stereocenters. The monoisotopic (exact) mass is 1010 g/mol. The van der Waals surface area contributed by atoms with Crippen molar-refractivity contribution >= 4 is 51.9 Å². The zero-order valence-electron chi connectivity index (χ0n) is 41.9. The highest BCUT2D eigenvalue weighted by Gasteiger charge is 2.50. The molecule has 1 amide bonds. The van der Waals surface area contributed by atoms with Gasteiger partial charge in [-0.1, -0.05) is 74.8 Å². The number of allylic oxidation sites excluding steroid dienone is 2. The summed E-state index contributed by atoms with van der Waals surface area (Å²) in [5.74, 6) is -7.87. The summed E-state index contributed by atoms with van der Waals surface area (Å²) in [5.41, 5.74) is 1.14. The van der Waals surface area contributed by atoms with Crippen molar-refractivity contribution in [3.05, 3.63) is 93.9 Å². The van der Waals surface area contributed by atoms with Crippen LogP contribution in [0.15, 0.2) is 76.1 Å². The van der Waals surface area contributed by atoms with Gasteiger partial charge in [-0.05, 0) is 32.1 Å². The van der Waals surface area contributed by atoms with Gasteiger partial charge in [0.25, 0.3) is 11.7 Å². The number of carbonyl (C=O) groups excluding carboxylic acids is 3. The lowest BCUT2D eigenvalue weighted by Crippen LogP contribution is -2.46. The van der Waals surface area contributed by atoms with Crippen LogP contribution in [0.1, 0.15) is 75.7 Å². The summed E-state index contributed by atoms with van der Waals surface area (Å²) in [7, 11) is 1.43. The van der Waals surface area contributed by atoms with E-state index in [-0.39, 0.29) is 44.5 Å². The van der Waals surface area contributed by atoms with E-state index in [0.717, 1.165) is 11.3 Å². The Balaban J connectivity index is 1.23. The Morgan fingerprint density at radius 3 is 2.32 bits per heavy atom. The number of hydrazone groups is 1. The molecule has 3 aromatic carbocycles. The standard InChI is InChI=1S/C53H64ClN5O13/c1-27-11-10-12-28(2)52(67)56-43-37(26-55-59-22-20-58(21-23-59)19-17-36-25-38(57-72-36)34-13-15-35(54)16-14-34)47(64)40-41(48(43)65)46(63)32(6)50-42(40)51(66)53(8,71-50)69-24-18-39(68-9)29(3)49(70-33(7)60)31(5)45(62)30(4)44(27)61/h10-16,18,24-27,29-31,39,44-45,49,61-65H,17,19-23H2,1-9H3,(H,56,67)/b11-10+,24-18+,28-12-,55-26+/t27-,29+,30+,31+,39-,44-,45+,49+,53-/m0/s1. The van der Waals surface area contributed by atoms with Crippen LogP contribution < -0.4 is 10.1 Å². The fraction of sp³-hybridized carbons (Fsp3) is 0.453. The van der Waals surface area contributed by atoms with E-state index >= 15 is 0 Å². The number of phenols is 3. The molecule has 386 valence electrons. The number of piperazine rings is 1. The van der Waals surface area contributed by atoms with Crippen LogP contribution in [0, 0.1) is 30.6 Å². The Morgan fingerprint density at radius 2 is 1.65 bits per heavy atom. The first kappa shape index (κ1) is 53.4. The van der Waals surface area contributed by atoms with E-state index in [9.17, 15) is 39.9 Å². The number of halogens is 1. The summed E-state index contributed by atoms with van der Waals surface area (Å²) in [6.07, 6.45) is 5.38. The number of benzene rings is 3. The van der Waals surface area contributed by atoms with Gasteiger partial charge in [0.15, 0.2) is 5.75 Å². The zero-order chi connectivity index (χ0) is 52.3. The molecule has 5 bridgehead atoms. The average molecular weight is 1010 g/mol. The molecule has 0 saturated carbocycles. The maximum absolute atomic E-state index is 14.6. The zero-order valence-corrected chi connectivity index (χ0v) is 42.6. The smallest absolute Gasteiger partial charge is 0.312 e. The number of methoxy groups -OCH3 is 1. The molecule has 4 aliphatic rings. The highest BCUT2D eigenvalue weighted by atomic mass is 35.5. The van der Waals surface area contributed by atoms with Crippen molar-refractivity contribution in [2.45, 2.75) is 92.0 Å². The van der Waals surface area contributed by atoms with Crippen molar-refractivity contribution in [3.63, 3.8) is 0 Å². The van der Waals surface area contributed by atoms with E-state index in [1.165, 1.54) is 59.4 Å². The first-order chi connectivity index (χ1) is 34.1. The number of aliphatic hydroxyl groups excluding tert-OH is 2. The molecule has 0 unspecified atom stereocenters. The van der Waals surface area contributed by atoms with Crippen molar-refractivity contribution in [2.75, 3.05) is 45.2 Å². The van der Waals surface area contributed by atoms with Gasteiger partial charge in [-0.25, -0.2) is 0 Å². The van der Waals surface area contributed by atoms with Crippen LogP contribution in [0.5, 0.6) is 23.0 Å². The van der Waals surface area contributed by atoms with Gasteiger partial charge in [0, 0.05) is 117 Å². The highest BCUT2D eigenvalue weighted by molar-refractivity contribution is 6.30. The number of ether oxygens (including phenoxy) is 4. The number of aliphatic hydroxyl groups is 2. The van der Waals surface area contributed by atoms with Crippen LogP contribution in [-0.2, 0) is 30.2 Å². The van der Waals surface area contributed by atoms with Gasteiger partial charge in [0.05, 0.1) is 53.0 Å². The number of hydrogen-bond acceptors (Lipinski definition) is 17. The number of nitrogens with zero attached hydrogens (tertiary/aromatic N) is 4. The van der Waals surface area contributed by atoms with Crippen LogP contribution in [0.25, 0.3) is 22.0 Å². The molecular formula is C53H64ClN5O13. The third-order valence-electron chi connectivity index (χ3n) is 14.1. The fourth-order valence-electron chi connectivity index (χ4n) is 9.54. The first-order valence-corrected chi connectivity index (χ1v) is 24.3. The van der Waals surface area contributed by atoms with Gasteiger partial charge in [-0.3, -0.25) is 24.3 Å². The lowest BCUT2D eigenvalue weighted by atomic mass is 9.78. The summed E-state index contributed by atoms with van der Waals surface area (Å²) >= 11 is 6.04. The van der Waals surface area contributed by atoms with Gasteiger partial charge < -0.3 is 54.3 Å². The summed E-state index contributed by atoms with van der Waals surface area (Å²) in [4.78, 5) is 43.3. The number of hydrogen-bond donors (Lipinski definition) is 6. The second kappa shape index (κ2) is 22.1.